The second-order valence-corrected chi connectivity index (χ2v) is 5.15. The van der Waals surface area contributed by atoms with Crippen molar-refractivity contribution in [2.75, 3.05) is 13.1 Å². The van der Waals surface area contributed by atoms with Crippen LogP contribution in [-0.2, 0) is 11.2 Å². The Balaban J connectivity index is 2.50. The molecular formula is C14H23N3O3. The molecular weight excluding hydrogens is 258 g/mol. The number of furan rings is 1. The molecule has 3 N–H and O–H groups in total. The molecule has 0 aliphatic rings. The summed E-state index contributed by atoms with van der Waals surface area (Å²) < 4.78 is 5.22. The quantitative estimate of drug-likeness (QED) is 0.329. The van der Waals surface area contributed by atoms with Gasteiger partial charge in [0.15, 0.2) is 0 Å². The predicted octanol–water partition coefficient (Wildman–Crippen LogP) is 1.83. The van der Waals surface area contributed by atoms with Crippen molar-refractivity contribution in [3.8, 4) is 0 Å². The Morgan fingerprint density at radius 1 is 1.50 bits per heavy atom. The molecule has 0 aliphatic heterocycles. The van der Waals surface area contributed by atoms with Crippen molar-refractivity contribution in [3.63, 3.8) is 0 Å². The van der Waals surface area contributed by atoms with Crippen molar-refractivity contribution in [3.05, 3.63) is 24.2 Å². The second kappa shape index (κ2) is 8.24. The number of oxime groups is 1. The lowest BCUT2D eigenvalue weighted by Crippen LogP contribution is -2.36. The largest absolute Gasteiger partial charge is 0.469 e. The van der Waals surface area contributed by atoms with Crippen molar-refractivity contribution < 1.29 is 14.4 Å². The van der Waals surface area contributed by atoms with Crippen LogP contribution in [0.5, 0.6) is 0 Å². The summed E-state index contributed by atoms with van der Waals surface area (Å²) in [5, 5.41) is 11.5. The van der Waals surface area contributed by atoms with Crippen LogP contribution in [0.2, 0.25) is 0 Å². The molecule has 0 spiro atoms. The third-order valence-corrected chi connectivity index (χ3v) is 2.87. The zero-order chi connectivity index (χ0) is 15.0. The van der Waals surface area contributed by atoms with E-state index in [1.807, 2.05) is 12.1 Å². The molecule has 0 unspecified atom stereocenters. The van der Waals surface area contributed by atoms with Crippen LogP contribution in [0.4, 0.5) is 0 Å². The van der Waals surface area contributed by atoms with Crippen LogP contribution in [0.25, 0.3) is 0 Å². The summed E-state index contributed by atoms with van der Waals surface area (Å²) >= 11 is 0. The van der Waals surface area contributed by atoms with Crippen molar-refractivity contribution in [1.82, 2.24) is 4.90 Å². The normalized spacial score (nSPS) is 11.8. The summed E-state index contributed by atoms with van der Waals surface area (Å²) in [6.45, 7) is 5.23. The molecule has 1 rings (SSSR count). The van der Waals surface area contributed by atoms with Gasteiger partial charge in [0.2, 0.25) is 5.91 Å². The lowest BCUT2D eigenvalue weighted by Gasteiger charge is -2.24. The van der Waals surface area contributed by atoms with Crippen LogP contribution < -0.4 is 5.73 Å². The number of nitrogens with two attached hydrogens (primary N) is 1. The van der Waals surface area contributed by atoms with E-state index in [1.54, 1.807) is 11.2 Å². The molecule has 1 amide bonds. The molecule has 0 saturated carbocycles. The lowest BCUT2D eigenvalue weighted by molar-refractivity contribution is -0.131. The average molecular weight is 281 g/mol. The predicted molar refractivity (Wildman–Crippen MR) is 76.5 cm³/mol. The van der Waals surface area contributed by atoms with E-state index >= 15 is 0 Å². The molecule has 112 valence electrons. The Morgan fingerprint density at radius 3 is 2.80 bits per heavy atom. The number of carbonyl (C=O) groups excluding carboxylic acids is 1. The number of amides is 1. The standard InChI is InChI=1S/C14H23N3O3/c1-11(2)10-17(8-7-13(15)16-19)14(18)6-5-12-4-3-9-20-12/h3-4,9,11,19H,5-8,10H2,1-2H3,(H2,15,16). The number of hydrogen-bond acceptors (Lipinski definition) is 4. The van der Waals surface area contributed by atoms with E-state index in [2.05, 4.69) is 19.0 Å². The van der Waals surface area contributed by atoms with Crippen LogP contribution >= 0.6 is 0 Å². The summed E-state index contributed by atoms with van der Waals surface area (Å²) in [5.74, 6) is 1.37. The van der Waals surface area contributed by atoms with Gasteiger partial charge in [-0.25, -0.2) is 0 Å². The van der Waals surface area contributed by atoms with Gasteiger partial charge < -0.3 is 20.3 Å². The highest BCUT2D eigenvalue weighted by Crippen LogP contribution is 2.08. The first-order valence-electron chi connectivity index (χ1n) is 6.79. The number of aryl methyl sites for hydroxylation is 1. The van der Waals surface area contributed by atoms with E-state index < -0.39 is 0 Å². The molecule has 0 bridgehead atoms. The second-order valence-electron chi connectivity index (χ2n) is 5.15. The van der Waals surface area contributed by atoms with Gasteiger partial charge in [0, 0.05) is 32.4 Å². The van der Waals surface area contributed by atoms with Gasteiger partial charge in [-0.05, 0) is 18.1 Å². The monoisotopic (exact) mass is 281 g/mol. The molecule has 20 heavy (non-hydrogen) atoms. The van der Waals surface area contributed by atoms with E-state index in [9.17, 15) is 4.79 Å². The molecule has 6 nitrogen and oxygen atoms in total. The summed E-state index contributed by atoms with van der Waals surface area (Å²) in [4.78, 5) is 14.0. The van der Waals surface area contributed by atoms with Crippen molar-refractivity contribution in [1.29, 1.82) is 0 Å². The maximum Gasteiger partial charge on any atom is 0.223 e. The molecule has 1 aromatic heterocycles. The molecule has 0 saturated heterocycles. The molecule has 0 aromatic carbocycles. The Hall–Kier alpha value is -1.98. The van der Waals surface area contributed by atoms with E-state index in [1.165, 1.54) is 0 Å². The highest BCUT2D eigenvalue weighted by atomic mass is 16.4. The number of rotatable bonds is 8. The Kier molecular flexibility index (Phi) is 6.63. The van der Waals surface area contributed by atoms with E-state index in [0.717, 1.165) is 5.76 Å². The fourth-order valence-corrected chi connectivity index (χ4v) is 1.90. The van der Waals surface area contributed by atoms with Crippen molar-refractivity contribution >= 4 is 11.7 Å². The SMILES string of the molecule is CC(C)CN(CCC(N)=NO)C(=O)CCc1ccco1. The van der Waals surface area contributed by atoms with Crippen molar-refractivity contribution in [2.24, 2.45) is 16.8 Å². The van der Waals surface area contributed by atoms with Gasteiger partial charge in [-0.1, -0.05) is 19.0 Å². The van der Waals surface area contributed by atoms with Gasteiger partial charge in [-0.3, -0.25) is 4.79 Å². The maximum atomic E-state index is 12.2. The zero-order valence-electron chi connectivity index (χ0n) is 12.1. The fraction of sp³-hybridized carbons (Fsp3) is 0.571. The molecule has 6 heteroatoms. The molecule has 1 aromatic rings. The van der Waals surface area contributed by atoms with E-state index in [4.69, 9.17) is 15.4 Å². The third kappa shape index (κ3) is 5.77. The summed E-state index contributed by atoms with van der Waals surface area (Å²) in [5.41, 5.74) is 5.45. The van der Waals surface area contributed by atoms with Gasteiger partial charge in [0.05, 0.1) is 6.26 Å². The van der Waals surface area contributed by atoms with Crippen LogP contribution in [0.1, 0.15) is 32.4 Å². The Labute approximate surface area is 119 Å². The van der Waals surface area contributed by atoms with Gasteiger partial charge in [-0.15, -0.1) is 0 Å². The van der Waals surface area contributed by atoms with Gasteiger partial charge in [0.25, 0.3) is 0 Å². The molecule has 0 radical (unpaired) electrons. The zero-order valence-corrected chi connectivity index (χ0v) is 12.1. The van der Waals surface area contributed by atoms with Crippen molar-refractivity contribution in [2.45, 2.75) is 33.1 Å². The van der Waals surface area contributed by atoms with E-state index in [0.29, 0.717) is 38.3 Å². The van der Waals surface area contributed by atoms with E-state index in [-0.39, 0.29) is 11.7 Å². The molecule has 0 fully saturated rings. The molecule has 1 heterocycles. The minimum Gasteiger partial charge on any atom is -0.469 e. The van der Waals surface area contributed by atoms with Gasteiger partial charge in [0.1, 0.15) is 11.6 Å². The first-order valence-corrected chi connectivity index (χ1v) is 6.79. The topological polar surface area (TPSA) is 92.1 Å². The minimum absolute atomic E-state index is 0.0563. The summed E-state index contributed by atoms with van der Waals surface area (Å²) in [7, 11) is 0. The highest BCUT2D eigenvalue weighted by molar-refractivity contribution is 5.81. The highest BCUT2D eigenvalue weighted by Gasteiger charge is 2.15. The Bertz CT molecular complexity index is 427. The number of nitrogens with zero attached hydrogens (tertiary/aromatic N) is 2. The average Bonchev–Trinajstić information content (AvgIpc) is 2.93. The Morgan fingerprint density at radius 2 is 2.25 bits per heavy atom. The molecule has 0 atom stereocenters. The first-order chi connectivity index (χ1) is 9.52. The summed E-state index contributed by atoms with van der Waals surface area (Å²) in [6, 6.07) is 3.67. The summed E-state index contributed by atoms with van der Waals surface area (Å²) in [6.07, 6.45) is 2.96. The fourth-order valence-electron chi connectivity index (χ4n) is 1.90. The molecule has 0 aliphatic carbocycles. The van der Waals surface area contributed by atoms with Gasteiger partial charge in [-0.2, -0.15) is 0 Å². The number of amidine groups is 1. The maximum absolute atomic E-state index is 12.2. The van der Waals surface area contributed by atoms with Crippen LogP contribution in [0, 0.1) is 5.92 Å². The minimum atomic E-state index is 0.0563. The smallest absolute Gasteiger partial charge is 0.223 e. The third-order valence-electron chi connectivity index (χ3n) is 2.87. The van der Waals surface area contributed by atoms with Crippen LogP contribution in [0.15, 0.2) is 28.0 Å². The first kappa shape index (κ1) is 16.1. The number of hydrogen-bond donors (Lipinski definition) is 2. The van der Waals surface area contributed by atoms with Crippen LogP contribution in [0.3, 0.4) is 0 Å². The van der Waals surface area contributed by atoms with Crippen LogP contribution in [-0.4, -0.2) is 34.9 Å². The lowest BCUT2D eigenvalue weighted by atomic mass is 10.1. The number of carbonyl (C=O) groups is 1. The van der Waals surface area contributed by atoms with Gasteiger partial charge >= 0.3 is 0 Å².